The smallest absolute Gasteiger partial charge is 0.227 e. The predicted molar refractivity (Wildman–Crippen MR) is 144 cm³/mol. The molecule has 2 unspecified atom stereocenters. The molecule has 0 bridgehead atoms. The number of carbonyl (C=O) groups is 1. The van der Waals surface area contributed by atoms with E-state index in [0.29, 0.717) is 12.4 Å². The molecule has 0 aromatic heterocycles. The maximum Gasteiger partial charge on any atom is 0.227 e. The minimum absolute atomic E-state index is 0. The Hall–Kier alpha value is -2.18. The van der Waals surface area contributed by atoms with Crippen molar-refractivity contribution in [2.45, 2.75) is 93.7 Å². The Morgan fingerprint density at radius 2 is 1.67 bits per heavy atom. The summed E-state index contributed by atoms with van der Waals surface area (Å²) in [5, 5.41) is 3.00. The summed E-state index contributed by atoms with van der Waals surface area (Å²) in [7, 11) is 0. The third-order valence-corrected chi connectivity index (χ3v) is 4.27. The molecule has 2 atom stereocenters. The number of carbonyl (C=O) groups excluding carboxylic acids is 1. The molecule has 0 saturated heterocycles. The van der Waals surface area contributed by atoms with Crippen LogP contribution in [0.25, 0.3) is 0 Å². The highest BCUT2D eigenvalue weighted by atomic mass is 16.1. The Balaban J connectivity index is 0. The van der Waals surface area contributed by atoms with Crippen LogP contribution in [0.5, 0.6) is 0 Å². The van der Waals surface area contributed by atoms with Crippen LogP contribution in [0.3, 0.4) is 0 Å². The van der Waals surface area contributed by atoms with Crippen molar-refractivity contribution in [3.05, 3.63) is 48.2 Å². The zero-order valence-electron chi connectivity index (χ0n) is 22.7. The van der Waals surface area contributed by atoms with E-state index in [9.17, 15) is 4.79 Å². The normalized spacial score (nSPS) is 16.0. The van der Waals surface area contributed by atoms with Crippen LogP contribution in [0.1, 0.15) is 93.2 Å². The molecule has 0 aliphatic carbocycles. The highest BCUT2D eigenvalue weighted by Crippen LogP contribution is 2.33. The van der Waals surface area contributed by atoms with Gasteiger partial charge >= 0.3 is 0 Å². The fourth-order valence-corrected chi connectivity index (χ4v) is 3.02. The predicted octanol–water partition coefficient (Wildman–Crippen LogP) is 6.44. The minimum Gasteiger partial charge on any atom is -0.344 e. The summed E-state index contributed by atoms with van der Waals surface area (Å²) in [6.45, 7) is 23.7. The van der Waals surface area contributed by atoms with Gasteiger partial charge in [-0.05, 0) is 36.7 Å². The molecule has 1 aromatic carbocycles. The molecule has 6 N–H and O–H groups in total. The summed E-state index contributed by atoms with van der Waals surface area (Å²) in [4.78, 5) is 19.2. The number of aliphatic imine (C=N–C) groups is 1. The van der Waals surface area contributed by atoms with Crippen LogP contribution in [0.4, 0.5) is 0 Å². The van der Waals surface area contributed by atoms with Gasteiger partial charge in [0.2, 0.25) is 11.9 Å². The van der Waals surface area contributed by atoms with Crippen molar-refractivity contribution in [1.29, 1.82) is 0 Å². The number of guanidine groups is 1. The van der Waals surface area contributed by atoms with Gasteiger partial charge in [-0.3, -0.25) is 10.1 Å². The van der Waals surface area contributed by atoms with Crippen LogP contribution in [0.2, 0.25) is 0 Å². The van der Waals surface area contributed by atoms with Gasteiger partial charge in [-0.2, -0.15) is 0 Å². The van der Waals surface area contributed by atoms with E-state index in [4.69, 9.17) is 10.7 Å². The van der Waals surface area contributed by atoms with Crippen LogP contribution >= 0.6 is 0 Å². The molecule has 2 rings (SSSR count). The molecule has 1 aromatic rings. The average molecular weight is 462 g/mol. The summed E-state index contributed by atoms with van der Waals surface area (Å²) < 4.78 is 0. The number of nitrogens with two attached hydrogens (primary N) is 1. The third kappa shape index (κ3) is 13.9. The van der Waals surface area contributed by atoms with E-state index in [2.05, 4.69) is 53.4 Å². The van der Waals surface area contributed by atoms with E-state index in [-0.39, 0.29) is 29.6 Å². The number of nitrogens with zero attached hydrogens (tertiary/aromatic N) is 2. The minimum atomic E-state index is -0.156. The van der Waals surface area contributed by atoms with E-state index < -0.39 is 0 Å². The maximum atomic E-state index is 12.4. The van der Waals surface area contributed by atoms with Gasteiger partial charge in [-0.1, -0.05) is 92.3 Å². The summed E-state index contributed by atoms with van der Waals surface area (Å²) in [6.07, 6.45) is 2.29. The molecule has 190 valence electrons. The second-order valence-electron chi connectivity index (χ2n) is 10.0. The van der Waals surface area contributed by atoms with Crippen LogP contribution in [0.15, 0.2) is 47.6 Å². The van der Waals surface area contributed by atoms with Gasteiger partial charge < -0.3 is 16.8 Å². The van der Waals surface area contributed by atoms with Crippen molar-refractivity contribution in [2.75, 3.05) is 6.54 Å². The lowest BCUT2D eigenvalue weighted by atomic mass is 9.92. The average Bonchev–Trinajstić information content (AvgIpc) is 2.97. The highest BCUT2D eigenvalue weighted by Gasteiger charge is 2.31. The Morgan fingerprint density at radius 1 is 1.15 bits per heavy atom. The van der Waals surface area contributed by atoms with Gasteiger partial charge in [-0.15, -0.1) is 0 Å². The van der Waals surface area contributed by atoms with E-state index in [0.717, 1.165) is 36.6 Å². The van der Waals surface area contributed by atoms with Gasteiger partial charge in [-0.25, -0.2) is 4.99 Å². The molecule has 0 saturated carbocycles. The summed E-state index contributed by atoms with van der Waals surface area (Å²) in [5.74, 6) is 1.41. The number of hydrogen-bond donors (Lipinski definition) is 3. The molecule has 0 fully saturated rings. The van der Waals surface area contributed by atoms with Crippen molar-refractivity contribution in [2.24, 2.45) is 22.1 Å². The first kappa shape index (κ1) is 33.0. The van der Waals surface area contributed by atoms with Gasteiger partial charge in [0.1, 0.15) is 6.04 Å². The van der Waals surface area contributed by atoms with Gasteiger partial charge in [0.15, 0.2) is 0 Å². The van der Waals surface area contributed by atoms with Gasteiger partial charge in [0.05, 0.1) is 0 Å². The first-order chi connectivity index (χ1) is 14.9. The number of rotatable bonds is 6. The lowest BCUT2D eigenvalue weighted by Crippen LogP contribution is -2.42. The zero-order valence-corrected chi connectivity index (χ0v) is 22.7. The van der Waals surface area contributed by atoms with Gasteiger partial charge in [0.25, 0.3) is 0 Å². The van der Waals surface area contributed by atoms with Crippen molar-refractivity contribution in [3.8, 4) is 0 Å². The van der Waals surface area contributed by atoms with E-state index in [1.807, 2.05) is 56.0 Å². The molecular formula is C27H51N5O. The first-order valence-electron chi connectivity index (χ1n) is 12.0. The largest absolute Gasteiger partial charge is 0.344 e. The topological polar surface area (TPSA) is 106 Å². The van der Waals surface area contributed by atoms with Crippen LogP contribution in [0, 0.1) is 11.3 Å². The Labute approximate surface area is 203 Å². The van der Waals surface area contributed by atoms with E-state index in [1.165, 1.54) is 0 Å². The zero-order chi connectivity index (χ0) is 24.9. The van der Waals surface area contributed by atoms with Crippen LogP contribution in [-0.2, 0) is 4.79 Å². The molecule has 1 aliphatic rings. The van der Waals surface area contributed by atoms with Crippen molar-refractivity contribution < 1.29 is 4.79 Å². The molecule has 6 nitrogen and oxygen atoms in total. The highest BCUT2D eigenvalue weighted by molar-refractivity contribution is 5.99. The molecule has 1 amide bonds. The summed E-state index contributed by atoms with van der Waals surface area (Å²) in [6, 6.07) is 10.1. The Kier molecular flexibility index (Phi) is 16.4. The fourth-order valence-electron chi connectivity index (χ4n) is 3.02. The quantitative estimate of drug-likeness (QED) is 0.453. The Morgan fingerprint density at radius 3 is 2.12 bits per heavy atom. The molecule has 6 heteroatoms. The Bertz CT molecular complexity index is 702. The maximum absolute atomic E-state index is 12.4. The molecule has 1 aliphatic heterocycles. The molecule has 0 radical (unpaired) electrons. The lowest BCUT2D eigenvalue weighted by molar-refractivity contribution is -0.121. The van der Waals surface area contributed by atoms with E-state index >= 15 is 0 Å². The number of nitrogens with one attached hydrogen (secondary N) is 1. The van der Waals surface area contributed by atoms with Crippen molar-refractivity contribution >= 4 is 11.9 Å². The van der Waals surface area contributed by atoms with E-state index in [1.54, 1.807) is 0 Å². The van der Waals surface area contributed by atoms with Crippen LogP contribution < -0.4 is 17.2 Å². The van der Waals surface area contributed by atoms with Gasteiger partial charge in [0, 0.05) is 24.7 Å². The molecule has 0 spiro atoms. The van der Waals surface area contributed by atoms with Crippen LogP contribution in [-0.4, -0.2) is 29.4 Å². The SMILES string of the molecule is C=C1C(c2ccccc2)N=C(NC(=O)CC(C)(C)C)N1CCCC(C)N.CC.CC(C)C.N. The molecule has 33 heavy (non-hydrogen) atoms. The number of amides is 1. The lowest BCUT2D eigenvalue weighted by Gasteiger charge is -2.24. The number of hydrogen-bond acceptors (Lipinski definition) is 5. The van der Waals surface area contributed by atoms with Crippen molar-refractivity contribution in [1.82, 2.24) is 16.4 Å². The summed E-state index contributed by atoms with van der Waals surface area (Å²) >= 11 is 0. The monoisotopic (exact) mass is 461 g/mol. The first-order valence-corrected chi connectivity index (χ1v) is 12.0. The second-order valence-corrected chi connectivity index (χ2v) is 10.0. The fraction of sp³-hybridized carbons (Fsp3) is 0.630. The second kappa shape index (κ2) is 16.4. The summed E-state index contributed by atoms with van der Waals surface area (Å²) in [5.41, 5.74) is 7.78. The molecular weight excluding hydrogens is 410 g/mol. The standard InChI is InChI=1S/C21H32N4O.C4H10.C2H6.H3N/c1-15(22)10-9-13-25-16(2)19(17-11-7-6-8-12-17)24-20(25)23-18(26)14-21(3,4)5;1-4(2)3;1-2;/h6-8,11-12,15,19H,2,9-10,13-14,22H2,1,3-5H3,(H,23,24,26);4H,1-3H3;1-2H3;1H3. The van der Waals surface area contributed by atoms with Crippen molar-refractivity contribution in [3.63, 3.8) is 0 Å². The molecule has 1 heterocycles. The number of benzene rings is 1. The third-order valence-electron chi connectivity index (χ3n) is 4.27.